The number of carbonyl (C=O) groups is 1. The lowest BCUT2D eigenvalue weighted by Gasteiger charge is -2.29. The Labute approximate surface area is 123 Å². The fraction of sp³-hybridized carbons (Fsp3) is 0.500. The number of amides is 1. The Bertz CT molecular complexity index is 445. The molecule has 2 atom stereocenters. The third kappa shape index (κ3) is 4.37. The summed E-state index contributed by atoms with van der Waals surface area (Å²) in [6.07, 6.45) is 3.68. The average molecular weight is 302 g/mol. The molecule has 0 aliphatic carbocycles. The lowest BCUT2D eigenvalue weighted by atomic mass is 10.0. The standard InChI is InChI=1S/C14H18Cl2N2O/c1-10-4-2-3-5-18(10)9-14(19)17-13-7-11(15)6-12(16)8-13/h6-8,10H,2-5,9H2,1H3,(H,17,19)/p+1/t10-/m0/s1. The molecular formula is C14H19Cl2N2O+. The molecule has 1 aliphatic rings. The van der Waals surface area contributed by atoms with Gasteiger partial charge in [-0.2, -0.15) is 0 Å². The van der Waals surface area contributed by atoms with Crippen molar-refractivity contribution in [2.75, 3.05) is 18.4 Å². The van der Waals surface area contributed by atoms with E-state index in [1.54, 1.807) is 18.2 Å². The summed E-state index contributed by atoms with van der Waals surface area (Å²) in [6.45, 7) is 3.79. The summed E-state index contributed by atoms with van der Waals surface area (Å²) < 4.78 is 0. The summed E-state index contributed by atoms with van der Waals surface area (Å²) >= 11 is 11.8. The van der Waals surface area contributed by atoms with Crippen molar-refractivity contribution >= 4 is 34.8 Å². The highest BCUT2D eigenvalue weighted by Crippen LogP contribution is 2.22. The topological polar surface area (TPSA) is 33.5 Å². The third-order valence-corrected chi connectivity index (χ3v) is 4.05. The first-order valence-corrected chi connectivity index (χ1v) is 7.41. The molecule has 104 valence electrons. The summed E-state index contributed by atoms with van der Waals surface area (Å²) in [5, 5.41) is 3.92. The second-order valence-corrected chi connectivity index (χ2v) is 6.06. The fourth-order valence-corrected chi connectivity index (χ4v) is 3.08. The van der Waals surface area contributed by atoms with Gasteiger partial charge in [0, 0.05) is 15.7 Å². The quantitative estimate of drug-likeness (QED) is 0.883. The van der Waals surface area contributed by atoms with Crippen LogP contribution < -0.4 is 10.2 Å². The molecule has 1 saturated heterocycles. The van der Waals surface area contributed by atoms with E-state index >= 15 is 0 Å². The van der Waals surface area contributed by atoms with Crippen LogP contribution in [-0.4, -0.2) is 25.0 Å². The van der Waals surface area contributed by atoms with Crippen molar-refractivity contribution in [2.24, 2.45) is 0 Å². The molecular weight excluding hydrogens is 283 g/mol. The van der Waals surface area contributed by atoms with Crippen LogP contribution in [0.25, 0.3) is 0 Å². The number of likely N-dealkylation sites (tertiary alicyclic amines) is 1. The zero-order chi connectivity index (χ0) is 13.8. The predicted molar refractivity (Wildman–Crippen MR) is 79.1 cm³/mol. The number of carbonyl (C=O) groups excluding carboxylic acids is 1. The molecule has 0 bridgehead atoms. The van der Waals surface area contributed by atoms with Crippen molar-refractivity contribution in [3.05, 3.63) is 28.2 Å². The highest BCUT2D eigenvalue weighted by atomic mass is 35.5. The average Bonchev–Trinajstić information content (AvgIpc) is 2.30. The Morgan fingerprint density at radius 1 is 1.32 bits per heavy atom. The van der Waals surface area contributed by atoms with E-state index in [4.69, 9.17) is 23.2 Å². The van der Waals surface area contributed by atoms with Gasteiger partial charge in [-0.25, -0.2) is 0 Å². The normalized spacial score (nSPS) is 23.1. The van der Waals surface area contributed by atoms with E-state index in [2.05, 4.69) is 12.2 Å². The number of nitrogens with one attached hydrogen (secondary N) is 2. The van der Waals surface area contributed by atoms with Crippen molar-refractivity contribution in [2.45, 2.75) is 32.2 Å². The van der Waals surface area contributed by atoms with Gasteiger partial charge in [-0.05, 0) is 44.4 Å². The summed E-state index contributed by atoms with van der Waals surface area (Å²) in [6, 6.07) is 5.62. The lowest BCUT2D eigenvalue weighted by molar-refractivity contribution is -0.920. The summed E-state index contributed by atoms with van der Waals surface area (Å²) in [7, 11) is 0. The van der Waals surface area contributed by atoms with E-state index in [1.807, 2.05) is 0 Å². The Morgan fingerprint density at radius 2 is 2.00 bits per heavy atom. The van der Waals surface area contributed by atoms with Gasteiger partial charge in [0.15, 0.2) is 6.54 Å². The zero-order valence-corrected chi connectivity index (χ0v) is 12.5. The maximum atomic E-state index is 12.0. The van der Waals surface area contributed by atoms with E-state index in [9.17, 15) is 4.79 Å². The van der Waals surface area contributed by atoms with Crippen molar-refractivity contribution < 1.29 is 9.69 Å². The summed E-state index contributed by atoms with van der Waals surface area (Å²) in [5.74, 6) is 0.0158. The summed E-state index contributed by atoms with van der Waals surface area (Å²) in [4.78, 5) is 13.4. The van der Waals surface area contributed by atoms with E-state index in [0.717, 1.165) is 6.54 Å². The van der Waals surface area contributed by atoms with Crippen LogP contribution in [0, 0.1) is 0 Å². The Kier molecular flexibility index (Phi) is 5.08. The minimum atomic E-state index is 0.0158. The van der Waals surface area contributed by atoms with Crippen LogP contribution in [0.2, 0.25) is 10.0 Å². The number of anilines is 1. The predicted octanol–water partition coefficient (Wildman–Crippen LogP) is 2.39. The highest BCUT2D eigenvalue weighted by Gasteiger charge is 2.24. The number of hydrogen-bond acceptors (Lipinski definition) is 1. The van der Waals surface area contributed by atoms with Crippen LogP contribution >= 0.6 is 23.2 Å². The van der Waals surface area contributed by atoms with Gasteiger partial charge in [-0.15, -0.1) is 0 Å². The Balaban J connectivity index is 1.93. The van der Waals surface area contributed by atoms with Crippen LogP contribution in [0.3, 0.4) is 0 Å². The minimum Gasteiger partial charge on any atom is -0.325 e. The number of benzene rings is 1. The maximum Gasteiger partial charge on any atom is 0.279 e. The molecule has 1 aliphatic heterocycles. The molecule has 19 heavy (non-hydrogen) atoms. The molecule has 1 amide bonds. The molecule has 0 spiro atoms. The molecule has 5 heteroatoms. The number of hydrogen-bond donors (Lipinski definition) is 2. The fourth-order valence-electron chi connectivity index (χ4n) is 2.55. The maximum absolute atomic E-state index is 12.0. The first-order chi connectivity index (χ1) is 9.04. The molecule has 1 heterocycles. The second kappa shape index (κ2) is 6.60. The SMILES string of the molecule is C[C@H]1CCCC[NH+]1CC(=O)Nc1cc(Cl)cc(Cl)c1. The first kappa shape index (κ1) is 14.6. The number of quaternary nitrogens is 1. The van der Waals surface area contributed by atoms with Crippen molar-refractivity contribution in [3.63, 3.8) is 0 Å². The van der Waals surface area contributed by atoms with E-state index in [1.165, 1.54) is 24.2 Å². The minimum absolute atomic E-state index is 0.0158. The molecule has 0 saturated carbocycles. The molecule has 0 radical (unpaired) electrons. The van der Waals surface area contributed by atoms with E-state index < -0.39 is 0 Å². The van der Waals surface area contributed by atoms with Crippen molar-refractivity contribution in [1.82, 2.24) is 0 Å². The number of halogens is 2. The molecule has 3 nitrogen and oxygen atoms in total. The molecule has 1 aromatic carbocycles. The molecule has 1 fully saturated rings. The first-order valence-electron chi connectivity index (χ1n) is 6.65. The van der Waals surface area contributed by atoms with E-state index in [0.29, 0.717) is 28.3 Å². The number of piperidine rings is 1. The highest BCUT2D eigenvalue weighted by molar-refractivity contribution is 6.35. The van der Waals surface area contributed by atoms with Crippen LogP contribution in [0.1, 0.15) is 26.2 Å². The number of rotatable bonds is 3. The third-order valence-electron chi connectivity index (χ3n) is 3.62. The van der Waals surface area contributed by atoms with Crippen LogP contribution in [-0.2, 0) is 4.79 Å². The molecule has 2 N–H and O–H groups in total. The van der Waals surface area contributed by atoms with E-state index in [-0.39, 0.29) is 5.91 Å². The van der Waals surface area contributed by atoms with Gasteiger partial charge in [0.2, 0.25) is 0 Å². The smallest absolute Gasteiger partial charge is 0.279 e. The van der Waals surface area contributed by atoms with Gasteiger partial charge in [-0.3, -0.25) is 4.79 Å². The van der Waals surface area contributed by atoms with Gasteiger partial charge in [0.25, 0.3) is 5.91 Å². The van der Waals surface area contributed by atoms with Crippen LogP contribution in [0.15, 0.2) is 18.2 Å². The van der Waals surface area contributed by atoms with Crippen molar-refractivity contribution in [1.29, 1.82) is 0 Å². The second-order valence-electron chi connectivity index (χ2n) is 5.19. The molecule has 2 rings (SSSR count). The Hall–Kier alpha value is -0.770. The molecule has 1 unspecified atom stereocenters. The van der Waals surface area contributed by atoms with Crippen molar-refractivity contribution in [3.8, 4) is 0 Å². The van der Waals surface area contributed by atoms with Gasteiger partial charge < -0.3 is 10.2 Å². The zero-order valence-electron chi connectivity index (χ0n) is 11.0. The molecule has 1 aromatic rings. The molecule has 0 aromatic heterocycles. The lowest BCUT2D eigenvalue weighted by Crippen LogP contribution is -3.17. The monoisotopic (exact) mass is 301 g/mol. The van der Waals surface area contributed by atoms with Gasteiger partial charge in [0.1, 0.15) is 0 Å². The van der Waals surface area contributed by atoms with Gasteiger partial charge >= 0.3 is 0 Å². The Morgan fingerprint density at radius 3 is 2.63 bits per heavy atom. The van der Waals surface area contributed by atoms with Gasteiger partial charge in [-0.1, -0.05) is 23.2 Å². The van der Waals surface area contributed by atoms with Gasteiger partial charge in [0.05, 0.1) is 12.6 Å². The summed E-state index contributed by atoms with van der Waals surface area (Å²) in [5.41, 5.74) is 0.659. The largest absolute Gasteiger partial charge is 0.325 e. The van der Waals surface area contributed by atoms with Crippen LogP contribution in [0.5, 0.6) is 0 Å². The van der Waals surface area contributed by atoms with Crippen LogP contribution in [0.4, 0.5) is 5.69 Å².